The van der Waals surface area contributed by atoms with Gasteiger partial charge in [0.2, 0.25) is 0 Å². The van der Waals surface area contributed by atoms with Crippen LogP contribution in [-0.2, 0) is 31.8 Å². The Morgan fingerprint density at radius 2 is 1.00 bits per heavy atom. The number of aromatic carboxylic acids is 2. The van der Waals surface area contributed by atoms with Crippen LogP contribution in [0.2, 0.25) is 0 Å². The zero-order valence-electron chi connectivity index (χ0n) is 45.2. The smallest absolute Gasteiger partial charge is 0.340 e. The largest absolute Gasteiger partial charge is 0.478 e. The summed E-state index contributed by atoms with van der Waals surface area (Å²) in [6, 6.07) is 14.1. The molecular weight excluding hydrogens is 973 g/mol. The highest BCUT2D eigenvalue weighted by Crippen LogP contribution is 2.50. The summed E-state index contributed by atoms with van der Waals surface area (Å²) in [5.41, 5.74) is 3.86. The zero-order chi connectivity index (χ0) is 54.4. The number of fused-ring (bicyclic) bond motifs is 2. The number of ether oxygens (including phenoxy) is 4. The summed E-state index contributed by atoms with van der Waals surface area (Å²) in [6.45, 7) is 16.8. The number of aromatic amines is 2. The molecule has 4 fully saturated rings. The average Bonchev–Trinajstić information content (AvgIpc) is 4.33. The maximum atomic E-state index is 13.1. The van der Waals surface area contributed by atoms with Gasteiger partial charge in [-0.25, -0.2) is 19.6 Å². The number of H-pyrrole nitrogens is 2. The minimum Gasteiger partial charge on any atom is -0.478 e. The molecule has 76 heavy (non-hydrogen) atoms. The molecule has 6 N–H and O–H groups in total. The lowest BCUT2D eigenvalue weighted by atomic mass is 9.75. The fourth-order valence-electron chi connectivity index (χ4n) is 12.5. The molecule has 4 aliphatic rings. The third kappa shape index (κ3) is 10.4. The lowest BCUT2D eigenvalue weighted by Crippen LogP contribution is -2.58. The third-order valence-corrected chi connectivity index (χ3v) is 17.1. The molecule has 4 aromatic heterocycles. The number of carbonyl (C=O) groups is 4. The van der Waals surface area contributed by atoms with Gasteiger partial charge < -0.3 is 58.6 Å². The molecular formula is C58H74N6O12. The molecule has 2 spiro atoms. The number of aromatic nitrogens is 4. The number of anilines is 2. The van der Waals surface area contributed by atoms with E-state index in [0.717, 1.165) is 38.5 Å². The monoisotopic (exact) mass is 1050 g/mol. The number of Topliss-reactive ketones (excluding diaryl/α,β-unsaturated/α-hetero) is 2. The van der Waals surface area contributed by atoms with E-state index in [0.29, 0.717) is 69.6 Å². The Labute approximate surface area is 442 Å². The number of rotatable bonds is 14. The number of benzene rings is 2. The van der Waals surface area contributed by atoms with Crippen LogP contribution in [0.25, 0.3) is 22.2 Å². The molecule has 0 bridgehead atoms. The Bertz CT molecular complexity index is 2840. The van der Waals surface area contributed by atoms with E-state index < -0.39 is 23.5 Å². The van der Waals surface area contributed by atoms with Gasteiger partial charge in [-0.15, -0.1) is 0 Å². The van der Waals surface area contributed by atoms with Gasteiger partial charge in [0.25, 0.3) is 0 Å². The van der Waals surface area contributed by atoms with Crippen LogP contribution in [0.15, 0.2) is 69.8 Å². The molecule has 0 saturated carbocycles. The molecule has 10 rings (SSSR count). The topological polar surface area (TPSA) is 253 Å². The van der Waals surface area contributed by atoms with E-state index in [2.05, 4.69) is 72.1 Å². The highest BCUT2D eigenvalue weighted by Gasteiger charge is 2.54. The van der Waals surface area contributed by atoms with Gasteiger partial charge in [0.1, 0.15) is 22.2 Å². The summed E-state index contributed by atoms with van der Waals surface area (Å²) in [4.78, 5) is 65.4. The van der Waals surface area contributed by atoms with Gasteiger partial charge >= 0.3 is 11.9 Å². The van der Waals surface area contributed by atoms with Crippen LogP contribution >= 0.6 is 0 Å². The van der Waals surface area contributed by atoms with Gasteiger partial charge in [-0.2, -0.15) is 0 Å². The first kappa shape index (κ1) is 54.4. The van der Waals surface area contributed by atoms with Gasteiger partial charge in [0.15, 0.2) is 46.1 Å². The van der Waals surface area contributed by atoms with E-state index in [1.165, 1.54) is 0 Å². The number of carboxylic acid groups (broad SMARTS) is 2. The molecule has 408 valence electrons. The fraction of sp³-hybridized carbons (Fsp3) is 0.552. The Morgan fingerprint density at radius 1 is 0.605 bits per heavy atom. The Hall–Kier alpha value is -6.34. The molecule has 0 aliphatic carbocycles. The van der Waals surface area contributed by atoms with Crippen LogP contribution in [0.4, 0.5) is 11.4 Å². The van der Waals surface area contributed by atoms with Gasteiger partial charge in [-0.1, -0.05) is 55.4 Å². The van der Waals surface area contributed by atoms with Crippen molar-refractivity contribution in [1.82, 2.24) is 19.9 Å². The second-order valence-corrected chi connectivity index (χ2v) is 22.2. The first-order chi connectivity index (χ1) is 36.3. The zero-order valence-corrected chi connectivity index (χ0v) is 45.2. The number of hydrogen-bond donors (Lipinski definition) is 6. The number of oxazole rings is 2. The van der Waals surface area contributed by atoms with Crippen molar-refractivity contribution in [3.63, 3.8) is 0 Å². The van der Waals surface area contributed by atoms with Crippen molar-refractivity contribution < 1.29 is 57.2 Å². The molecule has 4 aliphatic heterocycles. The summed E-state index contributed by atoms with van der Waals surface area (Å²) < 4.78 is 39.1. The Kier molecular flexibility index (Phi) is 15.7. The van der Waals surface area contributed by atoms with Gasteiger partial charge in [-0.3, -0.25) is 9.59 Å². The molecule has 2 aromatic carbocycles. The van der Waals surface area contributed by atoms with Crippen LogP contribution in [0.1, 0.15) is 147 Å². The van der Waals surface area contributed by atoms with E-state index in [1.54, 1.807) is 62.9 Å². The summed E-state index contributed by atoms with van der Waals surface area (Å²) in [5, 5.41) is 25.4. The van der Waals surface area contributed by atoms with Gasteiger partial charge in [0.05, 0.1) is 60.0 Å². The summed E-state index contributed by atoms with van der Waals surface area (Å²) >= 11 is 0. The molecule has 1 unspecified atom stereocenters. The van der Waals surface area contributed by atoms with Crippen molar-refractivity contribution in [2.24, 2.45) is 47.3 Å². The van der Waals surface area contributed by atoms with Crippen LogP contribution < -0.4 is 10.6 Å². The Balaban J connectivity index is 0.000000186. The number of hydrogen-bond acceptors (Lipinski definition) is 14. The van der Waals surface area contributed by atoms with Crippen molar-refractivity contribution in [3.8, 4) is 0 Å². The van der Waals surface area contributed by atoms with E-state index in [1.807, 2.05) is 26.0 Å². The van der Waals surface area contributed by atoms with Crippen LogP contribution in [-0.4, -0.2) is 104 Å². The van der Waals surface area contributed by atoms with E-state index in [9.17, 15) is 29.4 Å². The number of nitrogens with one attached hydrogen (secondary N) is 4. The van der Waals surface area contributed by atoms with Crippen molar-refractivity contribution in [1.29, 1.82) is 0 Å². The highest BCUT2D eigenvalue weighted by molar-refractivity contribution is 6.07. The third-order valence-electron chi connectivity index (χ3n) is 17.1. The van der Waals surface area contributed by atoms with E-state index in [-0.39, 0.29) is 94.5 Å². The van der Waals surface area contributed by atoms with Crippen molar-refractivity contribution >= 4 is 57.1 Å². The summed E-state index contributed by atoms with van der Waals surface area (Å²) in [5.74, 6) is -2.22. The number of nitrogens with zero attached hydrogens (tertiary/aromatic N) is 2. The van der Waals surface area contributed by atoms with E-state index in [4.69, 9.17) is 27.8 Å². The second kappa shape index (κ2) is 22.0. The SMILES string of the molecule is CNc1ccc2oc(C[C@H]3OC4(CC[C@H]3C)O[C@H]([C@H](C)C(=O)c3ccc[nH]3)[C@H](C)C[C@H]4C)nc2c1C(=O)O.CNc1ccc2oc(C[C@H]3O[C@@]4(CC[C@H]3C)O[C@H]([C@H](C)C(=O)c3ccc[nH]3)[C@H](C)C[C@H]4C)nc2c1C(=O)O. The molecule has 0 amide bonds. The normalized spacial score (nSPS) is 30.4. The lowest BCUT2D eigenvalue weighted by Gasteiger charge is -2.53. The first-order valence-electron chi connectivity index (χ1n) is 27.0. The molecule has 14 atom stereocenters. The quantitative estimate of drug-likeness (QED) is 0.0555. The second-order valence-electron chi connectivity index (χ2n) is 22.2. The molecule has 0 radical (unpaired) electrons. The molecule has 6 aromatic rings. The summed E-state index contributed by atoms with van der Waals surface area (Å²) in [6.07, 6.45) is 8.44. The predicted molar refractivity (Wildman–Crippen MR) is 285 cm³/mol. The average molecular weight is 1050 g/mol. The summed E-state index contributed by atoms with van der Waals surface area (Å²) in [7, 11) is 3.36. The maximum Gasteiger partial charge on any atom is 0.340 e. The standard InChI is InChI=1S/2C29H37N3O6/c2*1-15-10-11-29(17(3)13-16(2)27(38-29)18(4)26(33)20-7-6-12-31-20)37-22(15)14-23-32-25-21(36-23)9-8-19(30-5)24(25)28(34)35/h2*6-9,12,15-18,22,27,30-31H,10-11,13-14H2,1-5H3,(H,34,35)/t15-,16-,17-,18-,22-,27+,29?;15-,16-,17-,18-,22-,27+,29+/m11/s1. The number of ketones is 2. The van der Waals surface area contributed by atoms with Crippen LogP contribution in [0.5, 0.6) is 0 Å². The predicted octanol–water partition coefficient (Wildman–Crippen LogP) is 11.1. The molecule has 18 heteroatoms. The van der Waals surface area contributed by atoms with Gasteiger partial charge in [-0.05, 0) is 97.9 Å². The molecule has 4 saturated heterocycles. The number of carbonyl (C=O) groups excluding carboxylic acids is 2. The van der Waals surface area contributed by atoms with Crippen LogP contribution in [0, 0.1) is 47.3 Å². The minimum atomic E-state index is -1.06. The maximum absolute atomic E-state index is 13.1. The fourth-order valence-corrected chi connectivity index (χ4v) is 12.5. The first-order valence-corrected chi connectivity index (χ1v) is 27.0. The molecule has 8 heterocycles. The van der Waals surface area contributed by atoms with Crippen LogP contribution in [0.3, 0.4) is 0 Å². The Morgan fingerprint density at radius 3 is 1.34 bits per heavy atom. The van der Waals surface area contributed by atoms with Crippen molar-refractivity contribution in [3.05, 3.63) is 95.2 Å². The van der Waals surface area contributed by atoms with Gasteiger partial charge in [0, 0.05) is 63.0 Å². The van der Waals surface area contributed by atoms with Crippen molar-refractivity contribution in [2.75, 3.05) is 24.7 Å². The minimum absolute atomic E-state index is 0.0407. The number of carboxylic acids is 2. The highest BCUT2D eigenvalue weighted by atomic mass is 16.7. The molecule has 18 nitrogen and oxygen atoms in total. The lowest BCUT2D eigenvalue weighted by molar-refractivity contribution is -0.356. The van der Waals surface area contributed by atoms with Crippen molar-refractivity contribution in [2.45, 2.75) is 143 Å². The van der Waals surface area contributed by atoms with E-state index >= 15 is 0 Å².